The number of amides is 1. The summed E-state index contributed by atoms with van der Waals surface area (Å²) in [5, 5.41) is 9.67. The minimum atomic E-state index is -0.526. The van der Waals surface area contributed by atoms with Crippen molar-refractivity contribution in [2.45, 2.75) is 25.8 Å². The predicted molar refractivity (Wildman–Crippen MR) is 70.3 cm³/mol. The molecule has 4 nitrogen and oxygen atoms in total. The van der Waals surface area contributed by atoms with Crippen molar-refractivity contribution in [2.24, 2.45) is 11.7 Å². The summed E-state index contributed by atoms with van der Waals surface area (Å²) in [6.07, 6.45) is 1.88. The van der Waals surface area contributed by atoms with Crippen molar-refractivity contribution in [2.75, 3.05) is 13.1 Å². The lowest BCUT2D eigenvalue weighted by molar-refractivity contribution is 0.0657. The lowest BCUT2D eigenvalue weighted by Gasteiger charge is -2.34. The highest BCUT2D eigenvalue weighted by Crippen LogP contribution is 2.24. The van der Waals surface area contributed by atoms with E-state index in [-0.39, 0.29) is 29.2 Å². The third-order valence-electron chi connectivity index (χ3n) is 3.68. The number of hydrogen-bond donors (Lipinski definition) is 2. The van der Waals surface area contributed by atoms with Crippen LogP contribution in [0.15, 0.2) is 18.2 Å². The van der Waals surface area contributed by atoms with Crippen LogP contribution in [0.25, 0.3) is 0 Å². The van der Waals surface area contributed by atoms with Gasteiger partial charge in [-0.1, -0.05) is 0 Å². The molecule has 1 aromatic carbocycles. The van der Waals surface area contributed by atoms with E-state index in [1.807, 2.05) is 6.92 Å². The highest BCUT2D eigenvalue weighted by Gasteiger charge is 2.27. The number of carbonyl (C=O) groups is 1. The summed E-state index contributed by atoms with van der Waals surface area (Å²) < 4.78 is 13.2. The maximum absolute atomic E-state index is 13.2. The minimum Gasteiger partial charge on any atom is -0.507 e. The fourth-order valence-electron chi connectivity index (χ4n) is 2.47. The van der Waals surface area contributed by atoms with Crippen molar-refractivity contribution in [1.82, 2.24) is 4.90 Å². The largest absolute Gasteiger partial charge is 0.507 e. The number of rotatable bonds is 2. The van der Waals surface area contributed by atoms with Crippen molar-refractivity contribution in [3.8, 4) is 5.75 Å². The standard InChI is InChI=1S/C14H19FN2O2/c1-9(16)10-3-2-6-17(8-10)14(19)12-7-11(15)4-5-13(12)18/h4-5,7,9-10,18H,2-3,6,8,16H2,1H3. The number of likely N-dealkylation sites (tertiary alicyclic amines) is 1. The van der Waals surface area contributed by atoms with E-state index in [1.54, 1.807) is 4.90 Å². The smallest absolute Gasteiger partial charge is 0.257 e. The van der Waals surface area contributed by atoms with Gasteiger partial charge in [0.05, 0.1) is 5.56 Å². The first-order valence-electron chi connectivity index (χ1n) is 6.52. The van der Waals surface area contributed by atoms with Crippen molar-refractivity contribution >= 4 is 5.91 Å². The number of piperidine rings is 1. The molecule has 1 saturated heterocycles. The van der Waals surface area contributed by atoms with Crippen LogP contribution in [0.1, 0.15) is 30.1 Å². The number of hydrogen-bond acceptors (Lipinski definition) is 3. The van der Waals surface area contributed by atoms with Crippen LogP contribution in [-0.4, -0.2) is 35.0 Å². The summed E-state index contributed by atoms with van der Waals surface area (Å²) in [6.45, 7) is 3.11. The number of carbonyl (C=O) groups excluding carboxylic acids is 1. The second-order valence-corrected chi connectivity index (χ2v) is 5.17. The second-order valence-electron chi connectivity index (χ2n) is 5.17. The van der Waals surface area contributed by atoms with Crippen LogP contribution in [0, 0.1) is 11.7 Å². The first kappa shape index (κ1) is 13.8. The van der Waals surface area contributed by atoms with E-state index in [0.717, 1.165) is 25.0 Å². The molecule has 0 saturated carbocycles. The van der Waals surface area contributed by atoms with E-state index in [2.05, 4.69) is 0 Å². The van der Waals surface area contributed by atoms with E-state index >= 15 is 0 Å². The molecule has 3 N–H and O–H groups in total. The number of halogens is 1. The molecule has 104 valence electrons. The number of nitrogens with zero attached hydrogens (tertiary/aromatic N) is 1. The van der Waals surface area contributed by atoms with Crippen molar-refractivity contribution in [3.63, 3.8) is 0 Å². The van der Waals surface area contributed by atoms with E-state index in [4.69, 9.17) is 5.73 Å². The average Bonchev–Trinajstić information content (AvgIpc) is 2.41. The highest BCUT2D eigenvalue weighted by atomic mass is 19.1. The summed E-state index contributed by atoms with van der Waals surface area (Å²) in [4.78, 5) is 13.9. The van der Waals surface area contributed by atoms with Gasteiger partial charge in [-0.3, -0.25) is 4.79 Å². The topological polar surface area (TPSA) is 66.6 Å². The molecular formula is C14H19FN2O2. The molecule has 5 heteroatoms. The number of phenolic OH excluding ortho intramolecular Hbond substituents is 1. The summed E-state index contributed by atoms with van der Waals surface area (Å²) in [6, 6.07) is 3.44. The summed E-state index contributed by atoms with van der Waals surface area (Å²) in [7, 11) is 0. The molecule has 2 atom stereocenters. The number of benzene rings is 1. The summed E-state index contributed by atoms with van der Waals surface area (Å²) in [5.41, 5.74) is 5.89. The Hall–Kier alpha value is -1.62. The van der Waals surface area contributed by atoms with E-state index < -0.39 is 5.82 Å². The molecule has 0 radical (unpaired) electrons. The Morgan fingerprint density at radius 1 is 1.58 bits per heavy atom. The second kappa shape index (κ2) is 5.57. The van der Waals surface area contributed by atoms with Gasteiger partial charge in [0.1, 0.15) is 11.6 Å². The molecule has 0 spiro atoms. The van der Waals surface area contributed by atoms with Crippen LogP contribution >= 0.6 is 0 Å². The number of phenols is 1. The molecular weight excluding hydrogens is 247 g/mol. The van der Waals surface area contributed by atoms with Crippen LogP contribution in [0.5, 0.6) is 5.75 Å². The Morgan fingerprint density at radius 3 is 3.00 bits per heavy atom. The Bertz CT molecular complexity index is 477. The number of aromatic hydroxyl groups is 1. The Morgan fingerprint density at radius 2 is 2.32 bits per heavy atom. The maximum atomic E-state index is 13.2. The SMILES string of the molecule is CC(N)C1CCCN(C(=O)c2cc(F)ccc2O)C1. The van der Waals surface area contributed by atoms with Gasteiger partial charge >= 0.3 is 0 Å². The van der Waals surface area contributed by atoms with Crippen LogP contribution in [0.3, 0.4) is 0 Å². The van der Waals surface area contributed by atoms with Gasteiger partial charge in [-0.15, -0.1) is 0 Å². The van der Waals surface area contributed by atoms with Crippen LogP contribution in [0.4, 0.5) is 4.39 Å². The Balaban J connectivity index is 2.17. The average molecular weight is 266 g/mol. The summed E-state index contributed by atoms with van der Waals surface area (Å²) >= 11 is 0. The zero-order valence-electron chi connectivity index (χ0n) is 11.0. The van der Waals surface area contributed by atoms with Gasteiger partial charge in [0.15, 0.2) is 0 Å². The minimum absolute atomic E-state index is 0.0188. The Kier molecular flexibility index (Phi) is 4.04. The zero-order chi connectivity index (χ0) is 14.0. The van der Waals surface area contributed by atoms with Crippen molar-refractivity contribution in [3.05, 3.63) is 29.6 Å². The molecule has 1 heterocycles. The first-order valence-corrected chi connectivity index (χ1v) is 6.52. The molecule has 0 bridgehead atoms. The van der Waals surface area contributed by atoms with Gasteiger partial charge in [-0.2, -0.15) is 0 Å². The molecule has 0 aromatic heterocycles. The van der Waals surface area contributed by atoms with Gasteiger partial charge in [0.2, 0.25) is 0 Å². The fourth-order valence-corrected chi connectivity index (χ4v) is 2.47. The van der Waals surface area contributed by atoms with Gasteiger partial charge < -0.3 is 15.7 Å². The molecule has 0 aliphatic carbocycles. The van der Waals surface area contributed by atoms with E-state index in [0.29, 0.717) is 13.1 Å². The third-order valence-corrected chi connectivity index (χ3v) is 3.68. The van der Waals surface area contributed by atoms with Crippen LogP contribution < -0.4 is 5.73 Å². The molecule has 19 heavy (non-hydrogen) atoms. The fraction of sp³-hybridized carbons (Fsp3) is 0.500. The highest BCUT2D eigenvalue weighted by molar-refractivity contribution is 5.96. The van der Waals surface area contributed by atoms with Gasteiger partial charge in [-0.05, 0) is 43.9 Å². The van der Waals surface area contributed by atoms with E-state index in [9.17, 15) is 14.3 Å². The van der Waals surface area contributed by atoms with Gasteiger partial charge in [0.25, 0.3) is 5.91 Å². The molecule has 1 fully saturated rings. The summed E-state index contributed by atoms with van der Waals surface area (Å²) in [5.74, 6) is -0.785. The van der Waals surface area contributed by atoms with Crippen molar-refractivity contribution in [1.29, 1.82) is 0 Å². The van der Waals surface area contributed by atoms with E-state index in [1.165, 1.54) is 6.07 Å². The monoisotopic (exact) mass is 266 g/mol. The lowest BCUT2D eigenvalue weighted by atomic mass is 9.92. The van der Waals surface area contributed by atoms with Crippen molar-refractivity contribution < 1.29 is 14.3 Å². The number of nitrogens with two attached hydrogens (primary N) is 1. The quantitative estimate of drug-likeness (QED) is 0.856. The van der Waals surface area contributed by atoms with Gasteiger partial charge in [-0.25, -0.2) is 4.39 Å². The van der Waals surface area contributed by atoms with Crippen LogP contribution in [-0.2, 0) is 0 Å². The normalized spacial score (nSPS) is 21.2. The lowest BCUT2D eigenvalue weighted by Crippen LogP contribution is -2.45. The predicted octanol–water partition coefficient (Wildman–Crippen LogP) is 1.73. The first-order chi connectivity index (χ1) is 8.99. The Labute approximate surface area is 112 Å². The molecule has 1 aliphatic rings. The molecule has 1 aliphatic heterocycles. The maximum Gasteiger partial charge on any atom is 0.257 e. The molecule has 2 rings (SSSR count). The van der Waals surface area contributed by atoms with Crippen LogP contribution in [0.2, 0.25) is 0 Å². The van der Waals surface area contributed by atoms with Gasteiger partial charge in [0, 0.05) is 19.1 Å². The zero-order valence-corrected chi connectivity index (χ0v) is 11.0. The third kappa shape index (κ3) is 3.04. The molecule has 2 unspecified atom stereocenters. The molecule has 1 amide bonds. The molecule has 1 aromatic rings.